The number of ether oxygens (including phenoxy) is 2. The highest BCUT2D eigenvalue weighted by Crippen LogP contribution is 2.21. The minimum atomic E-state index is -0.142. The van der Waals surface area contributed by atoms with Crippen LogP contribution in [0.15, 0.2) is 65.4 Å². The summed E-state index contributed by atoms with van der Waals surface area (Å²) in [6.07, 6.45) is 2.89. The van der Waals surface area contributed by atoms with Crippen LogP contribution >= 0.6 is 11.3 Å². The minimum Gasteiger partial charge on any atom is -0.493 e. The first-order valence-electron chi connectivity index (χ1n) is 11.6. The van der Waals surface area contributed by atoms with Crippen LogP contribution in [0.2, 0.25) is 0 Å². The summed E-state index contributed by atoms with van der Waals surface area (Å²) in [5.74, 6) is 0.599. The van der Waals surface area contributed by atoms with E-state index in [0.717, 1.165) is 37.2 Å². The van der Waals surface area contributed by atoms with Crippen molar-refractivity contribution in [2.24, 2.45) is 0 Å². The predicted octanol–water partition coefficient (Wildman–Crippen LogP) is 5.15. The van der Waals surface area contributed by atoms with Gasteiger partial charge in [0.25, 0.3) is 5.91 Å². The number of nitrogens with one attached hydrogen (secondary N) is 1. The largest absolute Gasteiger partial charge is 0.493 e. The molecule has 178 valence electrons. The van der Waals surface area contributed by atoms with E-state index in [-0.39, 0.29) is 17.9 Å². The van der Waals surface area contributed by atoms with Crippen LogP contribution in [-0.4, -0.2) is 42.6 Å². The molecule has 34 heavy (non-hydrogen) atoms. The average molecular weight is 479 g/mol. The third kappa shape index (κ3) is 6.92. The molecule has 1 fully saturated rings. The van der Waals surface area contributed by atoms with E-state index in [1.54, 1.807) is 35.6 Å². The third-order valence-electron chi connectivity index (χ3n) is 5.70. The molecule has 1 N–H and O–H groups in total. The summed E-state index contributed by atoms with van der Waals surface area (Å²) in [6, 6.07) is 17.0. The van der Waals surface area contributed by atoms with Crippen LogP contribution in [0.3, 0.4) is 0 Å². The fraction of sp³-hybridized carbons (Fsp3) is 0.333. The summed E-state index contributed by atoms with van der Waals surface area (Å²) >= 11 is 1.69. The van der Waals surface area contributed by atoms with E-state index in [1.165, 1.54) is 12.5 Å². The molecule has 0 spiro atoms. The van der Waals surface area contributed by atoms with Crippen molar-refractivity contribution in [3.8, 4) is 5.75 Å². The van der Waals surface area contributed by atoms with Gasteiger partial charge >= 0.3 is 0 Å². The van der Waals surface area contributed by atoms with Crippen LogP contribution in [0, 0.1) is 0 Å². The van der Waals surface area contributed by atoms with Crippen molar-refractivity contribution >= 4 is 28.8 Å². The van der Waals surface area contributed by atoms with E-state index < -0.39 is 0 Å². The van der Waals surface area contributed by atoms with E-state index in [0.29, 0.717) is 30.9 Å². The SMILES string of the molecule is CC(=O)Nc1ccc(C(=O)N(Cc2cccc(OCCc3ccsc3)c2)CC2CCCO2)cc1. The molecule has 2 heterocycles. The van der Waals surface area contributed by atoms with Crippen molar-refractivity contribution in [2.75, 3.05) is 25.1 Å². The Morgan fingerprint density at radius 2 is 2.00 bits per heavy atom. The Hall–Kier alpha value is -3.16. The van der Waals surface area contributed by atoms with E-state index in [2.05, 4.69) is 22.1 Å². The lowest BCUT2D eigenvalue weighted by Gasteiger charge is -2.26. The van der Waals surface area contributed by atoms with Crippen molar-refractivity contribution in [3.63, 3.8) is 0 Å². The Balaban J connectivity index is 1.44. The highest BCUT2D eigenvalue weighted by molar-refractivity contribution is 7.07. The molecule has 0 bridgehead atoms. The van der Waals surface area contributed by atoms with Gasteiger partial charge in [0.1, 0.15) is 5.75 Å². The van der Waals surface area contributed by atoms with Crippen molar-refractivity contribution in [1.29, 1.82) is 0 Å². The van der Waals surface area contributed by atoms with Crippen molar-refractivity contribution in [3.05, 3.63) is 82.0 Å². The zero-order chi connectivity index (χ0) is 23.8. The Morgan fingerprint density at radius 1 is 1.15 bits per heavy atom. The molecule has 1 aliphatic rings. The Bertz CT molecular complexity index is 1080. The van der Waals surface area contributed by atoms with E-state index >= 15 is 0 Å². The van der Waals surface area contributed by atoms with Crippen LogP contribution in [0.5, 0.6) is 5.75 Å². The smallest absolute Gasteiger partial charge is 0.254 e. The summed E-state index contributed by atoms with van der Waals surface area (Å²) in [7, 11) is 0. The Morgan fingerprint density at radius 3 is 2.71 bits per heavy atom. The number of thiophene rings is 1. The lowest BCUT2D eigenvalue weighted by molar-refractivity contribution is -0.114. The van der Waals surface area contributed by atoms with Crippen molar-refractivity contribution in [1.82, 2.24) is 4.90 Å². The quantitative estimate of drug-likeness (QED) is 0.438. The van der Waals surface area contributed by atoms with E-state index in [9.17, 15) is 9.59 Å². The molecule has 1 atom stereocenters. The second kappa shape index (κ2) is 11.8. The second-order valence-electron chi connectivity index (χ2n) is 8.46. The summed E-state index contributed by atoms with van der Waals surface area (Å²) in [5.41, 5.74) is 3.53. The summed E-state index contributed by atoms with van der Waals surface area (Å²) in [5, 5.41) is 6.94. The van der Waals surface area contributed by atoms with Gasteiger partial charge in [-0.1, -0.05) is 12.1 Å². The molecule has 6 nitrogen and oxygen atoms in total. The van der Waals surface area contributed by atoms with Crippen LogP contribution in [-0.2, 0) is 22.5 Å². The van der Waals surface area contributed by atoms with Crippen molar-refractivity contribution in [2.45, 2.75) is 38.8 Å². The topological polar surface area (TPSA) is 67.9 Å². The van der Waals surface area contributed by atoms with Gasteiger partial charge in [-0.15, -0.1) is 0 Å². The van der Waals surface area contributed by atoms with Gasteiger partial charge in [-0.3, -0.25) is 9.59 Å². The number of anilines is 1. The number of benzene rings is 2. The Labute approximate surface area is 204 Å². The molecule has 0 saturated carbocycles. The lowest BCUT2D eigenvalue weighted by Crippen LogP contribution is -2.37. The van der Waals surface area contributed by atoms with Crippen LogP contribution in [0.1, 0.15) is 41.3 Å². The molecule has 0 aliphatic carbocycles. The molecule has 1 saturated heterocycles. The first-order valence-corrected chi connectivity index (χ1v) is 12.5. The molecule has 2 aromatic carbocycles. The monoisotopic (exact) mass is 478 g/mol. The fourth-order valence-corrected chi connectivity index (χ4v) is 4.71. The predicted molar refractivity (Wildman–Crippen MR) is 134 cm³/mol. The Kier molecular flexibility index (Phi) is 8.33. The first-order chi connectivity index (χ1) is 16.6. The molecule has 1 aromatic heterocycles. The number of rotatable bonds is 10. The standard InChI is InChI=1S/C27H30N2O4S/c1-20(30)28-24-9-7-23(8-10-24)27(31)29(18-26-6-3-13-32-26)17-22-4-2-5-25(16-22)33-14-11-21-12-15-34-19-21/h2,4-5,7-10,12,15-16,19,26H,3,6,11,13-14,17-18H2,1H3,(H,28,30). The number of carbonyl (C=O) groups is 2. The zero-order valence-electron chi connectivity index (χ0n) is 19.4. The highest BCUT2D eigenvalue weighted by Gasteiger charge is 2.24. The van der Waals surface area contributed by atoms with E-state index in [1.807, 2.05) is 29.2 Å². The maximum absolute atomic E-state index is 13.4. The number of amides is 2. The van der Waals surface area contributed by atoms with Gasteiger partial charge in [0, 0.05) is 44.3 Å². The molecule has 7 heteroatoms. The van der Waals surface area contributed by atoms with Gasteiger partial charge in [0.15, 0.2) is 0 Å². The maximum Gasteiger partial charge on any atom is 0.254 e. The average Bonchev–Trinajstić information content (AvgIpc) is 3.53. The molecule has 2 amide bonds. The van der Waals surface area contributed by atoms with Gasteiger partial charge in [-0.05, 0) is 77.2 Å². The number of hydrogen-bond acceptors (Lipinski definition) is 5. The normalized spacial score (nSPS) is 15.1. The van der Waals surface area contributed by atoms with Gasteiger partial charge in [0.05, 0.1) is 12.7 Å². The molecule has 0 radical (unpaired) electrons. The van der Waals surface area contributed by atoms with Gasteiger partial charge in [0.2, 0.25) is 5.91 Å². The van der Waals surface area contributed by atoms with Crippen molar-refractivity contribution < 1.29 is 19.1 Å². The molecule has 1 aliphatic heterocycles. The molecular formula is C27H30N2O4S. The van der Waals surface area contributed by atoms with Gasteiger partial charge in [-0.25, -0.2) is 0 Å². The number of nitrogens with zero attached hydrogens (tertiary/aromatic N) is 1. The molecule has 3 aromatic rings. The highest BCUT2D eigenvalue weighted by atomic mass is 32.1. The minimum absolute atomic E-state index is 0.0487. The summed E-state index contributed by atoms with van der Waals surface area (Å²) < 4.78 is 11.8. The first kappa shape index (κ1) is 24.0. The summed E-state index contributed by atoms with van der Waals surface area (Å²) in [4.78, 5) is 26.5. The molecule has 1 unspecified atom stereocenters. The van der Waals surface area contributed by atoms with E-state index in [4.69, 9.17) is 9.47 Å². The third-order valence-corrected chi connectivity index (χ3v) is 6.43. The maximum atomic E-state index is 13.4. The fourth-order valence-electron chi connectivity index (χ4n) is 4.01. The second-order valence-corrected chi connectivity index (χ2v) is 9.24. The van der Waals surface area contributed by atoms with Gasteiger partial charge in [-0.2, -0.15) is 11.3 Å². The van der Waals surface area contributed by atoms with Crippen LogP contribution in [0.25, 0.3) is 0 Å². The lowest BCUT2D eigenvalue weighted by atomic mass is 10.1. The van der Waals surface area contributed by atoms with Gasteiger partial charge < -0.3 is 19.7 Å². The van der Waals surface area contributed by atoms with Crippen LogP contribution < -0.4 is 10.1 Å². The molecule has 4 rings (SSSR count). The number of hydrogen-bond donors (Lipinski definition) is 1. The number of carbonyl (C=O) groups excluding carboxylic acids is 2. The van der Waals surface area contributed by atoms with Crippen LogP contribution in [0.4, 0.5) is 5.69 Å². The summed E-state index contributed by atoms with van der Waals surface area (Å²) in [6.45, 7) is 3.82. The zero-order valence-corrected chi connectivity index (χ0v) is 20.2. The molecular weight excluding hydrogens is 448 g/mol.